The van der Waals surface area contributed by atoms with Crippen molar-refractivity contribution < 1.29 is 17.9 Å². The maximum absolute atomic E-state index is 13.3. The topological polar surface area (TPSA) is 84.5 Å². The Labute approximate surface area is 200 Å². The van der Waals surface area contributed by atoms with Crippen LogP contribution in [0.25, 0.3) is 0 Å². The molecular weight excluding hydrogens is 460 g/mol. The van der Waals surface area contributed by atoms with E-state index in [1.54, 1.807) is 0 Å². The van der Waals surface area contributed by atoms with Gasteiger partial charge in [-0.3, -0.25) is 4.79 Å². The van der Waals surface area contributed by atoms with Gasteiger partial charge in [0.2, 0.25) is 15.9 Å². The second kappa shape index (κ2) is 10.8. The lowest BCUT2D eigenvalue weighted by Gasteiger charge is -2.20. The Kier molecular flexibility index (Phi) is 8.13. The van der Waals surface area contributed by atoms with Crippen molar-refractivity contribution in [1.82, 2.24) is 4.72 Å². The Morgan fingerprint density at radius 1 is 1.00 bits per heavy atom. The summed E-state index contributed by atoms with van der Waals surface area (Å²) in [5, 5.41) is 3.08. The van der Waals surface area contributed by atoms with E-state index < -0.39 is 22.0 Å². The van der Waals surface area contributed by atoms with Crippen LogP contribution < -0.4 is 14.8 Å². The molecule has 0 aliphatic rings. The summed E-state index contributed by atoms with van der Waals surface area (Å²) >= 11 is 6.19. The van der Waals surface area contributed by atoms with Gasteiger partial charge in [0.15, 0.2) is 0 Å². The zero-order chi connectivity index (χ0) is 24.0. The van der Waals surface area contributed by atoms with Gasteiger partial charge < -0.3 is 10.1 Å². The maximum atomic E-state index is 13.3. The normalized spacial score (nSPS) is 12.2. The number of carbonyl (C=O) groups excluding carboxylic acids is 1. The average Bonchev–Trinajstić information content (AvgIpc) is 2.78. The second-order valence-electron chi connectivity index (χ2n) is 7.64. The van der Waals surface area contributed by atoms with E-state index >= 15 is 0 Å². The van der Waals surface area contributed by atoms with Crippen LogP contribution in [0, 0.1) is 13.8 Å². The largest absolute Gasteiger partial charge is 0.492 e. The molecule has 1 amide bonds. The molecule has 0 saturated carbocycles. The minimum Gasteiger partial charge on any atom is -0.492 e. The van der Waals surface area contributed by atoms with E-state index in [9.17, 15) is 13.2 Å². The molecule has 0 spiro atoms. The van der Waals surface area contributed by atoms with Gasteiger partial charge in [0.1, 0.15) is 11.8 Å². The summed E-state index contributed by atoms with van der Waals surface area (Å²) in [4.78, 5) is 13.2. The quantitative estimate of drug-likeness (QED) is 0.451. The molecule has 174 valence electrons. The summed E-state index contributed by atoms with van der Waals surface area (Å²) in [6.45, 7) is 6.00. The molecule has 2 N–H and O–H groups in total. The van der Waals surface area contributed by atoms with E-state index in [1.165, 1.54) is 18.2 Å². The number of halogens is 1. The van der Waals surface area contributed by atoms with Crippen LogP contribution >= 0.6 is 11.6 Å². The molecule has 3 aromatic rings. The van der Waals surface area contributed by atoms with Crippen LogP contribution in [-0.2, 0) is 21.2 Å². The monoisotopic (exact) mass is 486 g/mol. The number of nitrogens with one attached hydrogen (secondary N) is 2. The maximum Gasteiger partial charge on any atom is 0.242 e. The number of ether oxygens (including phenoxy) is 1. The highest BCUT2D eigenvalue weighted by Gasteiger charge is 2.27. The molecule has 1 atom stereocenters. The Hall–Kier alpha value is -2.87. The molecule has 3 aromatic carbocycles. The highest BCUT2D eigenvalue weighted by molar-refractivity contribution is 7.89. The molecule has 8 heteroatoms. The molecule has 33 heavy (non-hydrogen) atoms. The molecule has 0 saturated heterocycles. The Morgan fingerprint density at radius 3 is 2.27 bits per heavy atom. The van der Waals surface area contributed by atoms with Gasteiger partial charge in [-0.2, -0.15) is 4.72 Å². The Bertz CT molecular complexity index is 1210. The summed E-state index contributed by atoms with van der Waals surface area (Å²) in [7, 11) is -4.04. The number of para-hydroxylation sites is 1. The third-order valence-electron chi connectivity index (χ3n) is 5.14. The fraction of sp³-hybridized carbons (Fsp3) is 0.240. The molecule has 1 unspecified atom stereocenters. The lowest BCUT2D eigenvalue weighted by atomic mass is 10.0. The zero-order valence-corrected chi connectivity index (χ0v) is 20.3. The number of benzene rings is 3. The highest BCUT2D eigenvalue weighted by atomic mass is 35.5. The predicted octanol–water partition coefficient (Wildman–Crippen LogP) is 4.88. The van der Waals surface area contributed by atoms with E-state index in [2.05, 4.69) is 10.0 Å². The van der Waals surface area contributed by atoms with Crippen LogP contribution in [0.1, 0.15) is 23.6 Å². The summed E-state index contributed by atoms with van der Waals surface area (Å²) in [5.41, 5.74) is 3.28. The SMILES string of the molecule is CCOc1ccc(S(=O)(=O)NC(Cc2ccccc2)C(=O)Nc2c(C)cccc2C)cc1Cl. The second-order valence-corrected chi connectivity index (χ2v) is 9.77. The molecule has 3 rings (SSSR count). The number of hydrogen-bond acceptors (Lipinski definition) is 4. The number of sulfonamides is 1. The molecule has 0 aliphatic heterocycles. The number of hydrogen-bond donors (Lipinski definition) is 2. The average molecular weight is 487 g/mol. The van der Waals surface area contributed by atoms with Crippen LogP contribution in [0.4, 0.5) is 5.69 Å². The molecule has 0 fully saturated rings. The Morgan fingerprint density at radius 2 is 1.67 bits per heavy atom. The number of rotatable bonds is 9. The molecular formula is C25H27ClN2O4S. The zero-order valence-electron chi connectivity index (χ0n) is 18.8. The number of aryl methyl sites for hydroxylation is 2. The third kappa shape index (κ3) is 6.35. The number of carbonyl (C=O) groups is 1. The van der Waals surface area contributed by atoms with Crippen LogP contribution in [0.15, 0.2) is 71.6 Å². The van der Waals surface area contributed by atoms with Gasteiger partial charge in [0.05, 0.1) is 16.5 Å². The van der Waals surface area contributed by atoms with Crippen molar-refractivity contribution in [2.75, 3.05) is 11.9 Å². The highest BCUT2D eigenvalue weighted by Crippen LogP contribution is 2.27. The standard InChI is InChI=1S/C25H27ClN2O4S/c1-4-32-23-14-13-20(16-21(23)26)33(30,31)28-22(15-19-11-6-5-7-12-19)25(29)27-24-17(2)9-8-10-18(24)3/h5-14,16,22,28H,4,15H2,1-3H3,(H,27,29). The van der Waals surface area contributed by atoms with E-state index in [0.717, 1.165) is 16.7 Å². The van der Waals surface area contributed by atoms with Gasteiger partial charge in [0, 0.05) is 5.69 Å². The van der Waals surface area contributed by atoms with Gasteiger partial charge >= 0.3 is 0 Å². The first-order chi connectivity index (χ1) is 15.7. The van der Waals surface area contributed by atoms with Gasteiger partial charge in [-0.25, -0.2) is 8.42 Å². The first-order valence-electron chi connectivity index (χ1n) is 10.6. The van der Waals surface area contributed by atoms with Crippen LogP contribution in [-0.4, -0.2) is 27.0 Å². The van der Waals surface area contributed by atoms with Crippen molar-refractivity contribution in [2.24, 2.45) is 0 Å². The minimum absolute atomic E-state index is 0.0473. The summed E-state index contributed by atoms with van der Waals surface area (Å²) in [5.74, 6) is -0.0522. The van der Waals surface area contributed by atoms with Gasteiger partial charge in [-0.1, -0.05) is 60.1 Å². The first-order valence-corrected chi connectivity index (χ1v) is 12.4. The minimum atomic E-state index is -4.04. The Balaban J connectivity index is 1.90. The van der Waals surface area contributed by atoms with Crippen LogP contribution in [0.3, 0.4) is 0 Å². The molecule has 0 heterocycles. The van der Waals surface area contributed by atoms with Crippen molar-refractivity contribution in [3.05, 3.63) is 88.4 Å². The number of amides is 1. The van der Waals surface area contributed by atoms with Crippen molar-refractivity contribution in [1.29, 1.82) is 0 Å². The smallest absolute Gasteiger partial charge is 0.242 e. The van der Waals surface area contributed by atoms with Crippen LogP contribution in [0.5, 0.6) is 5.75 Å². The molecule has 0 aromatic heterocycles. The van der Waals surface area contributed by atoms with Crippen molar-refractivity contribution in [2.45, 2.75) is 38.1 Å². The third-order valence-corrected chi connectivity index (χ3v) is 6.90. The predicted molar refractivity (Wildman–Crippen MR) is 131 cm³/mol. The summed E-state index contributed by atoms with van der Waals surface area (Å²) < 4.78 is 34.2. The van der Waals surface area contributed by atoms with Crippen molar-refractivity contribution in [3.8, 4) is 5.75 Å². The molecule has 0 aliphatic carbocycles. The lowest BCUT2D eigenvalue weighted by molar-refractivity contribution is -0.117. The van der Waals surface area contributed by atoms with Gasteiger partial charge in [0.25, 0.3) is 0 Å². The summed E-state index contributed by atoms with van der Waals surface area (Å²) in [6.07, 6.45) is 0.182. The van der Waals surface area contributed by atoms with E-state index in [-0.39, 0.29) is 16.3 Å². The molecule has 0 bridgehead atoms. The van der Waals surface area contributed by atoms with Gasteiger partial charge in [-0.15, -0.1) is 0 Å². The summed E-state index contributed by atoms with van der Waals surface area (Å²) in [6, 6.07) is 18.1. The van der Waals surface area contributed by atoms with Crippen molar-refractivity contribution in [3.63, 3.8) is 0 Å². The van der Waals surface area contributed by atoms with E-state index in [4.69, 9.17) is 16.3 Å². The van der Waals surface area contributed by atoms with Crippen molar-refractivity contribution >= 4 is 33.2 Å². The van der Waals surface area contributed by atoms with Crippen LogP contribution in [0.2, 0.25) is 5.02 Å². The number of anilines is 1. The lowest BCUT2D eigenvalue weighted by Crippen LogP contribution is -2.45. The molecule has 6 nitrogen and oxygen atoms in total. The van der Waals surface area contributed by atoms with E-state index in [0.29, 0.717) is 18.0 Å². The first kappa shape index (κ1) is 24.8. The fourth-order valence-electron chi connectivity index (χ4n) is 3.44. The fourth-order valence-corrected chi connectivity index (χ4v) is 4.96. The van der Waals surface area contributed by atoms with Gasteiger partial charge in [-0.05, 0) is 62.1 Å². The van der Waals surface area contributed by atoms with E-state index in [1.807, 2.05) is 69.3 Å². The molecule has 0 radical (unpaired) electrons.